The van der Waals surface area contributed by atoms with Gasteiger partial charge in [0.25, 0.3) is 0 Å². The Morgan fingerprint density at radius 2 is 1.54 bits per heavy atom. The number of aromatic nitrogens is 2. The second-order valence-corrected chi connectivity index (χ2v) is 7.47. The third kappa shape index (κ3) is 3.88. The maximum atomic E-state index is 6.42. The number of benzene rings is 2. The zero-order valence-corrected chi connectivity index (χ0v) is 15.2. The fourth-order valence-electron chi connectivity index (χ4n) is 4.04. The molecule has 0 aliphatic heterocycles. The molecule has 3 heteroatoms. The second-order valence-electron chi connectivity index (χ2n) is 7.47. The molecule has 0 bridgehead atoms. The Morgan fingerprint density at radius 3 is 2.27 bits per heavy atom. The molecule has 1 saturated carbocycles. The summed E-state index contributed by atoms with van der Waals surface area (Å²) in [4.78, 5) is 8.00. The molecule has 1 aromatic heterocycles. The van der Waals surface area contributed by atoms with Crippen LogP contribution in [0.3, 0.4) is 0 Å². The fraction of sp³-hybridized carbons (Fsp3) is 0.348. The molecule has 0 amide bonds. The normalized spacial score (nSPS) is 16.5. The molecular formula is C23H27N3. The van der Waals surface area contributed by atoms with E-state index in [1.165, 1.54) is 43.2 Å². The molecule has 26 heavy (non-hydrogen) atoms. The van der Waals surface area contributed by atoms with Crippen molar-refractivity contribution in [1.82, 2.24) is 9.97 Å². The van der Waals surface area contributed by atoms with E-state index in [1.54, 1.807) is 0 Å². The molecule has 1 fully saturated rings. The Kier molecular flexibility index (Phi) is 5.16. The van der Waals surface area contributed by atoms with Crippen LogP contribution in [-0.4, -0.2) is 9.97 Å². The predicted octanol–water partition coefficient (Wildman–Crippen LogP) is 5.71. The summed E-state index contributed by atoms with van der Waals surface area (Å²) in [5.41, 5.74) is 11.1. The number of nitrogens with zero attached hydrogens (tertiary/aromatic N) is 1. The van der Waals surface area contributed by atoms with Gasteiger partial charge in [-0.25, -0.2) is 4.98 Å². The van der Waals surface area contributed by atoms with Gasteiger partial charge in [-0.1, -0.05) is 86.7 Å². The van der Waals surface area contributed by atoms with Crippen LogP contribution in [0.4, 0.5) is 0 Å². The van der Waals surface area contributed by atoms with Gasteiger partial charge in [0.15, 0.2) is 0 Å². The Hall–Kier alpha value is -2.39. The zero-order chi connectivity index (χ0) is 17.8. The van der Waals surface area contributed by atoms with Gasteiger partial charge in [0.05, 0.1) is 17.9 Å². The molecule has 0 spiro atoms. The third-order valence-corrected chi connectivity index (χ3v) is 5.56. The van der Waals surface area contributed by atoms with Gasteiger partial charge in [-0.2, -0.15) is 0 Å². The average Bonchev–Trinajstić information content (AvgIpc) is 3.20. The topological polar surface area (TPSA) is 54.7 Å². The van der Waals surface area contributed by atoms with Crippen LogP contribution in [0.15, 0.2) is 60.8 Å². The van der Waals surface area contributed by atoms with Crippen LogP contribution in [-0.2, 0) is 0 Å². The van der Waals surface area contributed by atoms with E-state index in [2.05, 4.69) is 58.5 Å². The molecule has 1 heterocycles. The minimum atomic E-state index is 0.00967. The quantitative estimate of drug-likeness (QED) is 0.622. The highest BCUT2D eigenvalue weighted by atomic mass is 15.0. The first-order valence-corrected chi connectivity index (χ1v) is 9.76. The minimum absolute atomic E-state index is 0.00967. The van der Waals surface area contributed by atoms with E-state index in [1.807, 2.05) is 12.3 Å². The van der Waals surface area contributed by atoms with Crippen LogP contribution in [0.2, 0.25) is 0 Å². The van der Waals surface area contributed by atoms with E-state index >= 15 is 0 Å². The number of hydrogen-bond acceptors (Lipinski definition) is 2. The molecule has 0 unspecified atom stereocenters. The lowest BCUT2D eigenvalue weighted by atomic mass is 9.85. The number of rotatable bonds is 5. The maximum Gasteiger partial charge on any atom is 0.123 e. The number of aromatic amines is 1. The van der Waals surface area contributed by atoms with Crippen molar-refractivity contribution in [1.29, 1.82) is 0 Å². The number of imidazole rings is 1. The lowest BCUT2D eigenvalue weighted by Crippen LogP contribution is -2.18. The monoisotopic (exact) mass is 345 g/mol. The van der Waals surface area contributed by atoms with Gasteiger partial charge >= 0.3 is 0 Å². The van der Waals surface area contributed by atoms with Crippen LogP contribution in [0.1, 0.15) is 50.4 Å². The lowest BCUT2D eigenvalue weighted by Gasteiger charge is -2.23. The van der Waals surface area contributed by atoms with E-state index < -0.39 is 0 Å². The smallest absolute Gasteiger partial charge is 0.123 e. The number of nitrogens with one attached hydrogen (secondary N) is 1. The highest BCUT2D eigenvalue weighted by Crippen LogP contribution is 2.31. The summed E-state index contributed by atoms with van der Waals surface area (Å²) in [6, 6.07) is 19.1. The van der Waals surface area contributed by atoms with Crippen molar-refractivity contribution in [2.75, 3.05) is 0 Å². The van der Waals surface area contributed by atoms with Gasteiger partial charge in [0.1, 0.15) is 5.82 Å². The van der Waals surface area contributed by atoms with Gasteiger partial charge in [-0.05, 0) is 29.0 Å². The number of hydrogen-bond donors (Lipinski definition) is 2. The Balaban J connectivity index is 1.45. The second kappa shape index (κ2) is 7.88. The first kappa shape index (κ1) is 17.0. The van der Waals surface area contributed by atoms with Crippen molar-refractivity contribution in [2.45, 2.75) is 44.6 Å². The maximum absolute atomic E-state index is 6.42. The van der Waals surface area contributed by atoms with Crippen LogP contribution in [0, 0.1) is 5.92 Å². The zero-order valence-electron chi connectivity index (χ0n) is 15.2. The summed E-state index contributed by atoms with van der Waals surface area (Å²) < 4.78 is 0. The van der Waals surface area contributed by atoms with Crippen molar-refractivity contribution in [3.8, 4) is 22.4 Å². The van der Waals surface area contributed by atoms with Crippen LogP contribution >= 0.6 is 0 Å². The van der Waals surface area contributed by atoms with E-state index in [4.69, 9.17) is 5.73 Å². The summed E-state index contributed by atoms with van der Waals surface area (Å²) >= 11 is 0. The van der Waals surface area contributed by atoms with Crippen molar-refractivity contribution in [3.05, 3.63) is 66.6 Å². The largest absolute Gasteiger partial charge is 0.341 e. The van der Waals surface area contributed by atoms with Crippen molar-refractivity contribution < 1.29 is 0 Å². The van der Waals surface area contributed by atoms with Gasteiger partial charge in [0, 0.05) is 0 Å². The summed E-state index contributed by atoms with van der Waals surface area (Å²) in [5.74, 6) is 1.68. The molecule has 134 valence electrons. The van der Waals surface area contributed by atoms with E-state index in [9.17, 15) is 0 Å². The summed E-state index contributed by atoms with van der Waals surface area (Å²) in [6.45, 7) is 0. The predicted molar refractivity (Wildman–Crippen MR) is 108 cm³/mol. The minimum Gasteiger partial charge on any atom is -0.341 e. The van der Waals surface area contributed by atoms with Gasteiger partial charge in [-0.3, -0.25) is 0 Å². The Bertz CT molecular complexity index is 814. The highest BCUT2D eigenvalue weighted by molar-refractivity contribution is 5.68. The van der Waals surface area contributed by atoms with Gasteiger partial charge in [0.2, 0.25) is 0 Å². The van der Waals surface area contributed by atoms with Crippen molar-refractivity contribution >= 4 is 0 Å². The first-order chi connectivity index (χ1) is 12.8. The lowest BCUT2D eigenvalue weighted by molar-refractivity contribution is 0.316. The molecule has 3 aromatic rings. The molecule has 1 aliphatic carbocycles. The molecular weight excluding hydrogens is 318 g/mol. The molecule has 2 aromatic carbocycles. The van der Waals surface area contributed by atoms with Gasteiger partial charge in [-0.15, -0.1) is 0 Å². The molecule has 3 N–H and O–H groups in total. The fourth-order valence-corrected chi connectivity index (χ4v) is 4.04. The Morgan fingerprint density at radius 1 is 0.885 bits per heavy atom. The molecule has 1 atom stereocenters. The molecule has 0 saturated heterocycles. The van der Waals surface area contributed by atoms with Crippen LogP contribution in [0.5, 0.6) is 0 Å². The van der Waals surface area contributed by atoms with Crippen LogP contribution < -0.4 is 5.73 Å². The van der Waals surface area contributed by atoms with E-state index in [-0.39, 0.29) is 6.04 Å². The summed E-state index contributed by atoms with van der Waals surface area (Å²) in [5, 5.41) is 0. The molecule has 0 radical (unpaired) electrons. The average molecular weight is 345 g/mol. The summed E-state index contributed by atoms with van der Waals surface area (Å²) in [6.07, 6.45) is 9.69. The molecule has 4 rings (SSSR count). The number of nitrogens with two attached hydrogens (primary N) is 1. The highest BCUT2D eigenvalue weighted by Gasteiger charge is 2.19. The summed E-state index contributed by atoms with van der Waals surface area (Å²) in [7, 11) is 0. The number of H-pyrrole nitrogens is 1. The van der Waals surface area contributed by atoms with E-state index in [0.29, 0.717) is 0 Å². The van der Waals surface area contributed by atoms with E-state index in [0.717, 1.165) is 29.4 Å². The third-order valence-electron chi connectivity index (χ3n) is 5.56. The molecule has 1 aliphatic rings. The van der Waals surface area contributed by atoms with Gasteiger partial charge < -0.3 is 10.7 Å². The molecule has 3 nitrogen and oxygen atoms in total. The van der Waals surface area contributed by atoms with Crippen molar-refractivity contribution in [3.63, 3.8) is 0 Å². The Labute approximate surface area is 155 Å². The first-order valence-electron chi connectivity index (χ1n) is 9.76. The van der Waals surface area contributed by atoms with Crippen molar-refractivity contribution in [2.24, 2.45) is 11.7 Å². The van der Waals surface area contributed by atoms with Crippen LogP contribution in [0.25, 0.3) is 22.4 Å². The standard InChI is InChI=1S/C23H27N3/c24-21(15-17-7-3-1-4-8-17)23-25-16-22(26-23)20-13-11-19(12-14-20)18-9-5-2-6-10-18/h2,5-6,9-14,16-17,21H,1,3-4,7-8,15,24H2,(H,25,26)/t21-/m1/s1. The SMILES string of the molecule is N[C@H](CC1CCCCC1)c1ncc(-c2ccc(-c3ccccc3)cc2)[nH]1.